The molecule has 2 aromatic heterocycles. The molecule has 7 nitrogen and oxygen atoms in total. The van der Waals surface area contributed by atoms with Gasteiger partial charge < -0.3 is 9.80 Å². The number of benzene rings is 1. The van der Waals surface area contributed by atoms with Gasteiger partial charge in [-0.3, -0.25) is 9.48 Å². The number of anilines is 1. The molecule has 1 saturated heterocycles. The molecule has 1 amide bonds. The molecule has 144 valence electrons. The van der Waals surface area contributed by atoms with E-state index in [1.165, 1.54) is 0 Å². The summed E-state index contributed by atoms with van der Waals surface area (Å²) in [5.41, 5.74) is 2.76. The predicted molar refractivity (Wildman–Crippen MR) is 107 cm³/mol. The summed E-state index contributed by atoms with van der Waals surface area (Å²) in [5.74, 6) is 1.75. The van der Waals surface area contributed by atoms with Crippen molar-refractivity contribution in [2.45, 2.75) is 20.4 Å². The van der Waals surface area contributed by atoms with Crippen molar-refractivity contribution in [2.75, 3.05) is 31.1 Å². The first-order valence-corrected chi connectivity index (χ1v) is 9.51. The lowest BCUT2D eigenvalue weighted by atomic mass is 10.2. The van der Waals surface area contributed by atoms with Crippen LogP contribution in [0.5, 0.6) is 0 Å². The van der Waals surface area contributed by atoms with Crippen LogP contribution in [0.2, 0.25) is 0 Å². The van der Waals surface area contributed by atoms with Gasteiger partial charge in [0, 0.05) is 44.1 Å². The van der Waals surface area contributed by atoms with Gasteiger partial charge >= 0.3 is 0 Å². The van der Waals surface area contributed by atoms with E-state index in [4.69, 9.17) is 0 Å². The average molecular weight is 376 g/mol. The summed E-state index contributed by atoms with van der Waals surface area (Å²) in [7, 11) is 0. The van der Waals surface area contributed by atoms with Crippen molar-refractivity contribution in [1.29, 1.82) is 0 Å². The highest BCUT2D eigenvalue weighted by molar-refractivity contribution is 5.93. The van der Waals surface area contributed by atoms with Crippen LogP contribution in [-0.4, -0.2) is 56.7 Å². The number of aryl methyl sites for hydroxylation is 2. The Balaban J connectivity index is 1.37. The van der Waals surface area contributed by atoms with Gasteiger partial charge in [-0.05, 0) is 19.4 Å². The van der Waals surface area contributed by atoms with E-state index in [9.17, 15) is 4.79 Å². The van der Waals surface area contributed by atoms with Crippen LogP contribution < -0.4 is 4.90 Å². The lowest BCUT2D eigenvalue weighted by Gasteiger charge is -2.35. The molecular weight excluding hydrogens is 352 g/mol. The van der Waals surface area contributed by atoms with E-state index in [0.717, 1.165) is 36.0 Å². The monoisotopic (exact) mass is 376 g/mol. The molecule has 3 heterocycles. The van der Waals surface area contributed by atoms with E-state index in [-0.39, 0.29) is 5.91 Å². The van der Waals surface area contributed by atoms with Gasteiger partial charge in [0.05, 0.1) is 18.3 Å². The summed E-state index contributed by atoms with van der Waals surface area (Å²) >= 11 is 0. The predicted octanol–water partition coefficient (Wildman–Crippen LogP) is 2.30. The number of piperazine rings is 1. The number of hydrogen-bond donors (Lipinski definition) is 0. The van der Waals surface area contributed by atoms with Gasteiger partial charge in [0.15, 0.2) is 0 Å². The van der Waals surface area contributed by atoms with E-state index in [2.05, 4.69) is 32.1 Å². The molecule has 4 rings (SSSR count). The number of hydrogen-bond acceptors (Lipinski definition) is 5. The zero-order valence-corrected chi connectivity index (χ0v) is 16.2. The first-order chi connectivity index (χ1) is 13.6. The Morgan fingerprint density at radius 3 is 2.50 bits per heavy atom. The third-order valence-corrected chi connectivity index (χ3v) is 4.91. The van der Waals surface area contributed by atoms with Crippen LogP contribution in [0, 0.1) is 13.8 Å². The summed E-state index contributed by atoms with van der Waals surface area (Å²) < 4.78 is 1.81. The highest BCUT2D eigenvalue weighted by Gasteiger charge is 2.24. The Morgan fingerprint density at radius 2 is 1.79 bits per heavy atom. The number of carbonyl (C=O) groups is 1. The highest BCUT2D eigenvalue weighted by Crippen LogP contribution is 2.16. The number of carbonyl (C=O) groups excluding carboxylic acids is 1. The van der Waals surface area contributed by atoms with Gasteiger partial charge in [-0.1, -0.05) is 30.3 Å². The second-order valence-corrected chi connectivity index (χ2v) is 7.11. The summed E-state index contributed by atoms with van der Waals surface area (Å²) in [4.78, 5) is 25.8. The van der Waals surface area contributed by atoms with E-state index in [0.29, 0.717) is 25.2 Å². The van der Waals surface area contributed by atoms with Crippen LogP contribution in [0.25, 0.3) is 0 Å². The minimum atomic E-state index is 0.0361. The summed E-state index contributed by atoms with van der Waals surface area (Å²) in [5, 5.41) is 4.35. The molecule has 28 heavy (non-hydrogen) atoms. The van der Waals surface area contributed by atoms with Crippen molar-refractivity contribution >= 4 is 11.7 Å². The Kier molecular flexibility index (Phi) is 5.06. The third-order valence-electron chi connectivity index (χ3n) is 4.91. The maximum atomic E-state index is 12.8. The normalized spacial score (nSPS) is 14.4. The first-order valence-electron chi connectivity index (χ1n) is 9.51. The van der Waals surface area contributed by atoms with Gasteiger partial charge in [0.25, 0.3) is 5.91 Å². The molecule has 1 aliphatic heterocycles. The SMILES string of the molecule is Cc1cc(N2CCN(C(=O)c3cnn(Cc4ccccc4)c3)CC2)nc(C)n1. The minimum absolute atomic E-state index is 0.0361. The number of aromatic nitrogens is 4. The van der Waals surface area contributed by atoms with Crippen LogP contribution in [0.1, 0.15) is 27.4 Å². The Morgan fingerprint density at radius 1 is 1.04 bits per heavy atom. The fourth-order valence-corrected chi connectivity index (χ4v) is 3.51. The summed E-state index contributed by atoms with van der Waals surface area (Å²) in [6.07, 6.45) is 3.49. The fourth-order valence-electron chi connectivity index (χ4n) is 3.51. The van der Waals surface area contributed by atoms with Crippen molar-refractivity contribution in [3.63, 3.8) is 0 Å². The molecule has 7 heteroatoms. The molecule has 0 spiro atoms. The number of amides is 1. The smallest absolute Gasteiger partial charge is 0.257 e. The van der Waals surface area contributed by atoms with Gasteiger partial charge in [0.1, 0.15) is 11.6 Å². The van der Waals surface area contributed by atoms with E-state index in [1.54, 1.807) is 6.20 Å². The Labute approximate surface area is 164 Å². The molecule has 0 bridgehead atoms. The maximum absolute atomic E-state index is 12.8. The molecule has 0 radical (unpaired) electrons. The van der Waals surface area contributed by atoms with Crippen molar-refractivity contribution in [2.24, 2.45) is 0 Å². The topological polar surface area (TPSA) is 67.2 Å². The third kappa shape index (κ3) is 4.03. The van der Waals surface area contributed by atoms with Crippen LogP contribution in [0.15, 0.2) is 48.8 Å². The molecule has 0 atom stereocenters. The molecule has 1 fully saturated rings. The van der Waals surface area contributed by atoms with E-state index < -0.39 is 0 Å². The first kappa shape index (κ1) is 18.2. The molecular formula is C21H24N6O. The Hall–Kier alpha value is -3.22. The standard InChI is InChI=1S/C21H24N6O/c1-16-12-20(24-17(2)23-16)25-8-10-26(11-9-25)21(28)19-13-22-27(15-19)14-18-6-4-3-5-7-18/h3-7,12-13,15H,8-11,14H2,1-2H3. The zero-order chi connectivity index (χ0) is 19.5. The Bertz CT molecular complexity index is 940. The number of rotatable bonds is 4. The van der Waals surface area contributed by atoms with Gasteiger partial charge in [-0.25, -0.2) is 9.97 Å². The second-order valence-electron chi connectivity index (χ2n) is 7.11. The second kappa shape index (κ2) is 7.80. The lowest BCUT2D eigenvalue weighted by Crippen LogP contribution is -2.49. The zero-order valence-electron chi connectivity index (χ0n) is 16.2. The maximum Gasteiger partial charge on any atom is 0.257 e. The molecule has 1 aromatic carbocycles. The fraction of sp³-hybridized carbons (Fsp3) is 0.333. The van der Waals surface area contributed by atoms with Gasteiger partial charge in [-0.2, -0.15) is 5.10 Å². The molecule has 0 saturated carbocycles. The molecule has 1 aliphatic rings. The molecule has 0 aliphatic carbocycles. The van der Waals surface area contributed by atoms with Crippen LogP contribution in [-0.2, 0) is 6.54 Å². The van der Waals surface area contributed by atoms with Gasteiger partial charge in [0.2, 0.25) is 0 Å². The van der Waals surface area contributed by atoms with Crippen LogP contribution in [0.3, 0.4) is 0 Å². The molecule has 3 aromatic rings. The van der Waals surface area contributed by atoms with Crippen LogP contribution in [0.4, 0.5) is 5.82 Å². The van der Waals surface area contributed by atoms with E-state index in [1.807, 2.05) is 53.9 Å². The summed E-state index contributed by atoms with van der Waals surface area (Å²) in [6, 6.07) is 12.1. The summed E-state index contributed by atoms with van der Waals surface area (Å²) in [6.45, 7) is 7.41. The van der Waals surface area contributed by atoms with Crippen molar-refractivity contribution in [1.82, 2.24) is 24.6 Å². The lowest BCUT2D eigenvalue weighted by molar-refractivity contribution is 0.0746. The van der Waals surface area contributed by atoms with Crippen molar-refractivity contribution in [3.05, 3.63) is 71.4 Å². The van der Waals surface area contributed by atoms with Gasteiger partial charge in [-0.15, -0.1) is 0 Å². The molecule has 0 N–H and O–H groups in total. The minimum Gasteiger partial charge on any atom is -0.353 e. The van der Waals surface area contributed by atoms with Crippen molar-refractivity contribution < 1.29 is 4.79 Å². The van der Waals surface area contributed by atoms with Crippen molar-refractivity contribution in [3.8, 4) is 0 Å². The highest BCUT2D eigenvalue weighted by atomic mass is 16.2. The largest absolute Gasteiger partial charge is 0.353 e. The van der Waals surface area contributed by atoms with E-state index >= 15 is 0 Å². The molecule has 0 unspecified atom stereocenters. The number of nitrogens with zero attached hydrogens (tertiary/aromatic N) is 6. The van der Waals surface area contributed by atoms with Crippen LogP contribution >= 0.6 is 0 Å². The quantitative estimate of drug-likeness (QED) is 0.699. The average Bonchev–Trinajstić information content (AvgIpc) is 3.16.